The van der Waals surface area contributed by atoms with Gasteiger partial charge in [0.2, 0.25) is 0 Å². The lowest BCUT2D eigenvalue weighted by Gasteiger charge is -2.06. The predicted octanol–water partition coefficient (Wildman–Crippen LogP) is 2.35. The van der Waals surface area contributed by atoms with Crippen molar-refractivity contribution in [3.05, 3.63) is 60.2 Å². The second-order valence-corrected chi connectivity index (χ2v) is 3.82. The first-order valence-corrected chi connectivity index (χ1v) is 5.61. The molecule has 0 saturated heterocycles. The topological polar surface area (TPSA) is 78.4 Å². The summed E-state index contributed by atoms with van der Waals surface area (Å²) in [4.78, 5) is 23.3. The predicted molar refractivity (Wildman–Crippen MR) is 71.0 cm³/mol. The Morgan fingerprint density at radius 3 is 2.37 bits per heavy atom. The molecule has 0 aliphatic rings. The summed E-state index contributed by atoms with van der Waals surface area (Å²) in [5, 5.41) is 13.9. The number of imide groups is 1. The highest BCUT2D eigenvalue weighted by Crippen LogP contribution is 2.14. The molecule has 3 N–H and O–H groups in total. The summed E-state index contributed by atoms with van der Waals surface area (Å²) in [5.41, 5.74) is 0.798. The molecule has 0 radical (unpaired) electrons. The number of hydrogen-bond acceptors (Lipinski definition) is 3. The van der Waals surface area contributed by atoms with E-state index in [-0.39, 0.29) is 5.75 Å². The minimum Gasteiger partial charge on any atom is -0.508 e. The van der Waals surface area contributed by atoms with Gasteiger partial charge in [-0.25, -0.2) is 4.79 Å². The maximum absolute atomic E-state index is 11.7. The Balaban J connectivity index is 1.97. The van der Waals surface area contributed by atoms with Gasteiger partial charge >= 0.3 is 6.03 Å². The van der Waals surface area contributed by atoms with Gasteiger partial charge in [-0.3, -0.25) is 10.1 Å². The molecule has 0 bridgehead atoms. The first-order valence-electron chi connectivity index (χ1n) is 5.61. The Hall–Kier alpha value is -2.82. The number of nitrogens with one attached hydrogen (secondary N) is 2. The van der Waals surface area contributed by atoms with Gasteiger partial charge in [0.25, 0.3) is 5.91 Å². The third kappa shape index (κ3) is 3.57. The number of phenolic OH excluding ortho intramolecular Hbond substituents is 1. The van der Waals surface area contributed by atoms with E-state index in [0.717, 1.165) is 0 Å². The maximum Gasteiger partial charge on any atom is 0.326 e. The van der Waals surface area contributed by atoms with Crippen molar-refractivity contribution in [2.45, 2.75) is 0 Å². The van der Waals surface area contributed by atoms with Crippen LogP contribution < -0.4 is 10.6 Å². The van der Waals surface area contributed by atoms with Crippen LogP contribution in [0.3, 0.4) is 0 Å². The van der Waals surface area contributed by atoms with Crippen LogP contribution in [-0.4, -0.2) is 17.0 Å². The Kier molecular flexibility index (Phi) is 3.78. The zero-order valence-electron chi connectivity index (χ0n) is 9.96. The molecule has 5 nitrogen and oxygen atoms in total. The minimum atomic E-state index is -0.653. The lowest BCUT2D eigenvalue weighted by atomic mass is 10.2. The number of anilines is 1. The fraction of sp³-hybridized carbons (Fsp3) is 0. The number of carbonyl (C=O) groups is 2. The maximum atomic E-state index is 11.7. The van der Waals surface area contributed by atoms with Crippen molar-refractivity contribution in [2.75, 3.05) is 5.32 Å². The zero-order valence-corrected chi connectivity index (χ0v) is 9.96. The molecule has 2 aromatic carbocycles. The summed E-state index contributed by atoms with van der Waals surface area (Å²) in [6, 6.07) is 13.8. The van der Waals surface area contributed by atoms with Crippen molar-refractivity contribution in [3.63, 3.8) is 0 Å². The number of phenols is 1. The van der Waals surface area contributed by atoms with Crippen LogP contribution in [0.5, 0.6) is 5.75 Å². The number of rotatable bonds is 2. The van der Waals surface area contributed by atoms with Crippen LogP contribution in [-0.2, 0) is 0 Å². The molecule has 2 rings (SSSR count). The molecular formula is C14H12N2O3. The summed E-state index contributed by atoms with van der Waals surface area (Å²) in [6.07, 6.45) is 0. The van der Waals surface area contributed by atoms with Crippen LogP contribution >= 0.6 is 0 Å². The molecule has 0 unspecified atom stereocenters. The fourth-order valence-electron chi connectivity index (χ4n) is 1.51. The van der Waals surface area contributed by atoms with Crippen molar-refractivity contribution in [2.24, 2.45) is 0 Å². The lowest BCUT2D eigenvalue weighted by Crippen LogP contribution is -2.34. The van der Waals surface area contributed by atoms with Crippen LogP contribution in [0, 0.1) is 0 Å². The second kappa shape index (κ2) is 5.68. The summed E-state index contributed by atoms with van der Waals surface area (Å²) < 4.78 is 0. The van der Waals surface area contributed by atoms with Crippen molar-refractivity contribution < 1.29 is 14.7 Å². The van der Waals surface area contributed by atoms with E-state index in [9.17, 15) is 14.7 Å². The molecule has 0 spiro atoms. The molecule has 96 valence electrons. The molecular weight excluding hydrogens is 244 g/mol. The van der Waals surface area contributed by atoms with Crippen LogP contribution in [0.2, 0.25) is 0 Å². The van der Waals surface area contributed by atoms with Crippen molar-refractivity contribution >= 4 is 17.6 Å². The number of hydrogen-bond donors (Lipinski definition) is 3. The first kappa shape index (κ1) is 12.6. The highest BCUT2D eigenvalue weighted by Gasteiger charge is 2.09. The minimum absolute atomic E-state index is 0.0344. The van der Waals surface area contributed by atoms with Crippen LogP contribution in [0.15, 0.2) is 54.6 Å². The molecule has 3 amide bonds. The van der Waals surface area contributed by atoms with Crippen molar-refractivity contribution in [1.82, 2.24) is 5.32 Å². The first-order chi connectivity index (χ1) is 9.15. The third-order valence-electron chi connectivity index (χ3n) is 2.37. The highest BCUT2D eigenvalue weighted by molar-refractivity contribution is 6.07. The number of aromatic hydroxyl groups is 1. The average Bonchev–Trinajstić information content (AvgIpc) is 2.39. The monoisotopic (exact) mass is 256 g/mol. The van der Waals surface area contributed by atoms with Crippen LogP contribution in [0.4, 0.5) is 10.5 Å². The summed E-state index contributed by atoms with van der Waals surface area (Å²) >= 11 is 0. The van der Waals surface area contributed by atoms with E-state index in [4.69, 9.17) is 0 Å². The van der Waals surface area contributed by atoms with Gasteiger partial charge in [-0.15, -0.1) is 0 Å². The largest absolute Gasteiger partial charge is 0.508 e. The molecule has 0 aliphatic carbocycles. The van der Waals surface area contributed by atoms with Gasteiger partial charge in [0.15, 0.2) is 0 Å². The molecule has 0 fully saturated rings. The Morgan fingerprint density at radius 2 is 1.68 bits per heavy atom. The van der Waals surface area contributed by atoms with Crippen LogP contribution in [0.25, 0.3) is 0 Å². The SMILES string of the molecule is O=C(NC(=O)c1ccccc1)Nc1cccc(O)c1. The van der Waals surface area contributed by atoms with E-state index in [0.29, 0.717) is 11.3 Å². The highest BCUT2D eigenvalue weighted by atomic mass is 16.3. The number of urea groups is 1. The van der Waals surface area contributed by atoms with E-state index in [1.807, 2.05) is 0 Å². The standard InChI is InChI=1S/C14H12N2O3/c17-12-8-4-7-11(9-12)15-14(19)16-13(18)10-5-2-1-3-6-10/h1-9,17H,(H2,15,16,18,19). The molecule has 19 heavy (non-hydrogen) atoms. The average molecular weight is 256 g/mol. The van der Waals surface area contributed by atoms with Gasteiger partial charge in [0, 0.05) is 17.3 Å². The fourth-order valence-corrected chi connectivity index (χ4v) is 1.51. The van der Waals surface area contributed by atoms with Gasteiger partial charge < -0.3 is 10.4 Å². The van der Waals surface area contributed by atoms with Crippen molar-refractivity contribution in [1.29, 1.82) is 0 Å². The van der Waals surface area contributed by atoms with Gasteiger partial charge in [-0.2, -0.15) is 0 Å². The zero-order chi connectivity index (χ0) is 13.7. The normalized spacial score (nSPS) is 9.68. The van der Waals surface area contributed by atoms with Gasteiger partial charge in [-0.1, -0.05) is 24.3 Å². The number of carbonyl (C=O) groups excluding carboxylic acids is 2. The third-order valence-corrected chi connectivity index (χ3v) is 2.37. The molecule has 0 heterocycles. The van der Waals surface area contributed by atoms with Crippen LogP contribution in [0.1, 0.15) is 10.4 Å². The number of amides is 3. The summed E-state index contributed by atoms with van der Waals surface area (Å²) in [5.74, 6) is -0.453. The van der Waals surface area contributed by atoms with E-state index < -0.39 is 11.9 Å². The summed E-state index contributed by atoms with van der Waals surface area (Å²) in [7, 11) is 0. The van der Waals surface area contributed by atoms with E-state index >= 15 is 0 Å². The quantitative estimate of drug-likeness (QED) is 0.771. The van der Waals surface area contributed by atoms with E-state index in [1.165, 1.54) is 12.1 Å². The van der Waals surface area contributed by atoms with Gasteiger partial charge in [0.1, 0.15) is 5.75 Å². The molecule has 2 aromatic rings. The number of benzene rings is 2. The Morgan fingerprint density at radius 1 is 0.947 bits per heavy atom. The molecule has 5 heteroatoms. The van der Waals surface area contributed by atoms with Gasteiger partial charge in [0.05, 0.1) is 0 Å². The Labute approximate surface area is 109 Å². The van der Waals surface area contributed by atoms with E-state index in [1.54, 1.807) is 42.5 Å². The van der Waals surface area contributed by atoms with Gasteiger partial charge in [-0.05, 0) is 24.3 Å². The lowest BCUT2D eigenvalue weighted by molar-refractivity contribution is 0.0967. The molecule has 0 saturated carbocycles. The molecule has 0 aromatic heterocycles. The van der Waals surface area contributed by atoms with E-state index in [2.05, 4.69) is 10.6 Å². The molecule has 0 atom stereocenters. The second-order valence-electron chi connectivity index (χ2n) is 3.82. The van der Waals surface area contributed by atoms with Crippen molar-refractivity contribution in [3.8, 4) is 5.75 Å². The smallest absolute Gasteiger partial charge is 0.326 e. The summed E-state index contributed by atoms with van der Waals surface area (Å²) in [6.45, 7) is 0. The Bertz CT molecular complexity index is 597. The molecule has 0 aliphatic heterocycles.